The van der Waals surface area contributed by atoms with Gasteiger partial charge in [-0.05, 0) is 43.0 Å². The van der Waals surface area contributed by atoms with Crippen molar-refractivity contribution in [3.8, 4) is 0 Å². The van der Waals surface area contributed by atoms with Gasteiger partial charge in [0.05, 0.1) is 0 Å². The molecule has 0 atom stereocenters. The molecular formula is C13H17NO. The number of ketones is 1. The van der Waals surface area contributed by atoms with Gasteiger partial charge in [0.25, 0.3) is 0 Å². The number of Topliss-reactive ketones (excluding diaryl/α,β-unsaturated/α-hetero) is 1. The van der Waals surface area contributed by atoms with Crippen molar-refractivity contribution in [2.24, 2.45) is 11.3 Å². The molecule has 0 amide bonds. The molecule has 2 nitrogen and oxygen atoms in total. The fraction of sp³-hybridized carbons (Fsp3) is 0.462. The van der Waals surface area contributed by atoms with E-state index in [1.807, 2.05) is 26.0 Å². The lowest BCUT2D eigenvalue weighted by Gasteiger charge is -2.22. The molecular weight excluding hydrogens is 186 g/mol. The molecule has 1 aromatic rings. The molecule has 2 heteroatoms. The molecule has 0 heterocycles. The van der Waals surface area contributed by atoms with Gasteiger partial charge in [0.2, 0.25) is 0 Å². The summed E-state index contributed by atoms with van der Waals surface area (Å²) in [6, 6.07) is 7.22. The fourth-order valence-electron chi connectivity index (χ4n) is 2.00. The summed E-state index contributed by atoms with van der Waals surface area (Å²) >= 11 is 0. The van der Waals surface area contributed by atoms with Crippen molar-refractivity contribution in [2.75, 3.05) is 5.73 Å². The molecule has 1 aliphatic carbocycles. The maximum absolute atomic E-state index is 12.2. The first-order chi connectivity index (χ1) is 7.01. The van der Waals surface area contributed by atoms with Gasteiger partial charge >= 0.3 is 0 Å². The second kappa shape index (κ2) is 3.37. The maximum Gasteiger partial charge on any atom is 0.168 e. The lowest BCUT2D eigenvalue weighted by atomic mass is 9.80. The molecule has 80 valence electrons. The van der Waals surface area contributed by atoms with Crippen LogP contribution in [0.4, 0.5) is 5.69 Å². The van der Waals surface area contributed by atoms with Crippen LogP contribution in [0.15, 0.2) is 24.3 Å². The number of hydrogen-bond acceptors (Lipinski definition) is 2. The summed E-state index contributed by atoms with van der Waals surface area (Å²) in [4.78, 5) is 12.2. The van der Waals surface area contributed by atoms with Crippen LogP contribution in [0.5, 0.6) is 0 Å². The van der Waals surface area contributed by atoms with E-state index in [2.05, 4.69) is 0 Å². The third kappa shape index (κ3) is 1.89. The Hall–Kier alpha value is -1.31. The SMILES string of the molecule is CC(C)(C(=O)c1ccc(N)cc1)C1CC1. The van der Waals surface area contributed by atoms with Gasteiger partial charge < -0.3 is 5.73 Å². The summed E-state index contributed by atoms with van der Waals surface area (Å²) in [6.45, 7) is 4.09. The van der Waals surface area contributed by atoms with Crippen molar-refractivity contribution >= 4 is 11.5 Å². The number of carbonyl (C=O) groups excluding carboxylic acids is 1. The van der Waals surface area contributed by atoms with Crippen LogP contribution >= 0.6 is 0 Å². The highest BCUT2D eigenvalue weighted by atomic mass is 16.1. The molecule has 0 bridgehead atoms. The number of hydrogen-bond donors (Lipinski definition) is 1. The van der Waals surface area contributed by atoms with Crippen LogP contribution in [0.2, 0.25) is 0 Å². The predicted molar refractivity (Wildman–Crippen MR) is 61.7 cm³/mol. The van der Waals surface area contributed by atoms with Crippen LogP contribution in [0.3, 0.4) is 0 Å². The predicted octanol–water partition coefficient (Wildman–Crippen LogP) is 2.89. The maximum atomic E-state index is 12.2. The molecule has 0 aliphatic heterocycles. The molecule has 0 saturated heterocycles. The molecule has 0 unspecified atom stereocenters. The van der Waals surface area contributed by atoms with E-state index in [-0.39, 0.29) is 11.2 Å². The topological polar surface area (TPSA) is 43.1 Å². The molecule has 15 heavy (non-hydrogen) atoms. The molecule has 1 saturated carbocycles. The number of carbonyl (C=O) groups is 1. The normalized spacial score (nSPS) is 16.4. The van der Waals surface area contributed by atoms with Gasteiger partial charge in [-0.2, -0.15) is 0 Å². The van der Waals surface area contributed by atoms with E-state index in [4.69, 9.17) is 5.73 Å². The minimum atomic E-state index is -0.212. The summed E-state index contributed by atoms with van der Waals surface area (Å²) in [5.41, 5.74) is 6.87. The quantitative estimate of drug-likeness (QED) is 0.606. The Morgan fingerprint density at radius 1 is 1.27 bits per heavy atom. The molecule has 2 rings (SSSR count). The fourth-order valence-corrected chi connectivity index (χ4v) is 2.00. The first kappa shape index (κ1) is 10.2. The van der Waals surface area contributed by atoms with Crippen LogP contribution < -0.4 is 5.73 Å². The Labute approximate surface area is 90.5 Å². The molecule has 0 spiro atoms. The second-order valence-corrected chi connectivity index (χ2v) is 4.95. The first-order valence-electron chi connectivity index (χ1n) is 5.42. The Morgan fingerprint density at radius 2 is 1.80 bits per heavy atom. The monoisotopic (exact) mass is 203 g/mol. The number of benzene rings is 1. The lowest BCUT2D eigenvalue weighted by molar-refractivity contribution is 0.0809. The van der Waals surface area contributed by atoms with Crippen molar-refractivity contribution in [3.63, 3.8) is 0 Å². The zero-order chi connectivity index (χ0) is 11.1. The van der Waals surface area contributed by atoms with Gasteiger partial charge in [-0.3, -0.25) is 4.79 Å². The third-order valence-corrected chi connectivity index (χ3v) is 3.36. The largest absolute Gasteiger partial charge is 0.399 e. The zero-order valence-corrected chi connectivity index (χ0v) is 9.29. The van der Waals surface area contributed by atoms with Crippen molar-refractivity contribution in [2.45, 2.75) is 26.7 Å². The smallest absolute Gasteiger partial charge is 0.168 e. The van der Waals surface area contributed by atoms with Crippen LogP contribution in [0.1, 0.15) is 37.0 Å². The average molecular weight is 203 g/mol. The Balaban J connectivity index is 2.23. The van der Waals surface area contributed by atoms with E-state index in [1.54, 1.807) is 12.1 Å². The molecule has 0 radical (unpaired) electrons. The highest BCUT2D eigenvalue weighted by Crippen LogP contribution is 2.46. The van der Waals surface area contributed by atoms with E-state index < -0.39 is 0 Å². The lowest BCUT2D eigenvalue weighted by Crippen LogP contribution is -2.26. The summed E-state index contributed by atoms with van der Waals surface area (Å²) in [5.74, 6) is 0.813. The van der Waals surface area contributed by atoms with E-state index in [1.165, 1.54) is 12.8 Å². The van der Waals surface area contributed by atoms with Gasteiger partial charge in [0, 0.05) is 16.7 Å². The molecule has 0 aromatic heterocycles. The minimum Gasteiger partial charge on any atom is -0.399 e. The molecule has 1 aromatic carbocycles. The van der Waals surface area contributed by atoms with Gasteiger partial charge in [-0.1, -0.05) is 13.8 Å². The van der Waals surface area contributed by atoms with E-state index >= 15 is 0 Å². The van der Waals surface area contributed by atoms with Crippen molar-refractivity contribution in [1.29, 1.82) is 0 Å². The summed E-state index contributed by atoms with van der Waals surface area (Å²) in [5, 5.41) is 0. The number of nitrogen functional groups attached to an aromatic ring is 1. The second-order valence-electron chi connectivity index (χ2n) is 4.95. The van der Waals surface area contributed by atoms with Crippen molar-refractivity contribution in [1.82, 2.24) is 0 Å². The van der Waals surface area contributed by atoms with Gasteiger partial charge in [-0.25, -0.2) is 0 Å². The number of nitrogens with two attached hydrogens (primary N) is 1. The van der Waals surface area contributed by atoms with Gasteiger partial charge in [-0.15, -0.1) is 0 Å². The van der Waals surface area contributed by atoms with Crippen LogP contribution in [-0.2, 0) is 0 Å². The van der Waals surface area contributed by atoms with E-state index in [0.717, 1.165) is 5.56 Å². The van der Waals surface area contributed by atoms with Crippen molar-refractivity contribution in [3.05, 3.63) is 29.8 Å². The van der Waals surface area contributed by atoms with E-state index in [0.29, 0.717) is 11.6 Å². The van der Waals surface area contributed by atoms with Gasteiger partial charge in [0.15, 0.2) is 5.78 Å². The van der Waals surface area contributed by atoms with Gasteiger partial charge in [0.1, 0.15) is 0 Å². The number of anilines is 1. The van der Waals surface area contributed by atoms with Crippen LogP contribution in [0.25, 0.3) is 0 Å². The molecule has 2 N–H and O–H groups in total. The van der Waals surface area contributed by atoms with E-state index in [9.17, 15) is 4.79 Å². The van der Waals surface area contributed by atoms with Crippen LogP contribution in [-0.4, -0.2) is 5.78 Å². The average Bonchev–Trinajstić information content (AvgIpc) is 3.01. The summed E-state index contributed by atoms with van der Waals surface area (Å²) in [7, 11) is 0. The Morgan fingerprint density at radius 3 is 2.27 bits per heavy atom. The Kier molecular flexibility index (Phi) is 2.29. The number of rotatable bonds is 3. The highest BCUT2D eigenvalue weighted by molar-refractivity contribution is 6.00. The molecule has 1 fully saturated rings. The van der Waals surface area contributed by atoms with Crippen molar-refractivity contribution < 1.29 is 4.79 Å². The summed E-state index contributed by atoms with van der Waals surface area (Å²) in [6.07, 6.45) is 2.38. The van der Waals surface area contributed by atoms with Crippen LogP contribution in [0, 0.1) is 11.3 Å². The first-order valence-corrected chi connectivity index (χ1v) is 5.42. The third-order valence-electron chi connectivity index (χ3n) is 3.36. The molecule has 1 aliphatic rings. The Bertz CT molecular complexity index is 374. The highest BCUT2D eigenvalue weighted by Gasteiger charge is 2.43. The zero-order valence-electron chi connectivity index (χ0n) is 9.29. The minimum absolute atomic E-state index is 0.212. The summed E-state index contributed by atoms with van der Waals surface area (Å²) < 4.78 is 0. The standard InChI is InChI=1S/C13H17NO/c1-13(2,10-5-6-10)12(15)9-3-7-11(14)8-4-9/h3-4,7-8,10H,5-6,14H2,1-2H3.